The zero-order valence-electron chi connectivity index (χ0n) is 19.4. The number of carbonyl (C=O) groups excluding carboxylic acids is 1. The molecule has 1 aliphatic heterocycles. The van der Waals surface area contributed by atoms with Crippen LogP contribution in [0.5, 0.6) is 0 Å². The Balaban J connectivity index is 1.69. The zero-order chi connectivity index (χ0) is 22.7. The SMILES string of the molecule is Cc1ccc(-c2nc(C)c(Cc3ccccc3)c(N3CCN(C(=O)N(C)C)CC3)n2)cc1. The normalized spacial score (nSPS) is 13.9. The lowest BCUT2D eigenvalue weighted by Crippen LogP contribution is -2.52. The summed E-state index contributed by atoms with van der Waals surface area (Å²) in [5.41, 5.74) is 5.63. The minimum atomic E-state index is 0.0633. The van der Waals surface area contributed by atoms with E-state index in [1.54, 1.807) is 19.0 Å². The third kappa shape index (κ3) is 4.74. The molecule has 0 bridgehead atoms. The van der Waals surface area contributed by atoms with Gasteiger partial charge in [0.2, 0.25) is 0 Å². The largest absolute Gasteiger partial charge is 0.353 e. The van der Waals surface area contributed by atoms with Crippen LogP contribution in [0.15, 0.2) is 54.6 Å². The van der Waals surface area contributed by atoms with Crippen LogP contribution in [0.3, 0.4) is 0 Å². The maximum atomic E-state index is 12.4. The van der Waals surface area contributed by atoms with Gasteiger partial charge < -0.3 is 14.7 Å². The molecule has 1 aliphatic rings. The highest BCUT2D eigenvalue weighted by Crippen LogP contribution is 2.28. The van der Waals surface area contributed by atoms with E-state index in [1.165, 1.54) is 11.1 Å². The number of anilines is 1. The predicted molar refractivity (Wildman–Crippen MR) is 129 cm³/mol. The van der Waals surface area contributed by atoms with Gasteiger partial charge in [0.15, 0.2) is 5.82 Å². The molecule has 0 unspecified atom stereocenters. The van der Waals surface area contributed by atoms with E-state index in [1.807, 2.05) is 11.0 Å². The standard InChI is InChI=1S/C26H31N5O/c1-19-10-12-22(13-11-19)24-27-20(2)23(18-21-8-6-5-7-9-21)25(28-24)30-14-16-31(17-15-30)26(32)29(3)4/h5-13H,14-18H2,1-4H3. The first kappa shape index (κ1) is 21.8. The van der Waals surface area contributed by atoms with Crippen LogP contribution >= 0.6 is 0 Å². The third-order valence-corrected chi connectivity index (χ3v) is 5.96. The van der Waals surface area contributed by atoms with Gasteiger partial charge in [0.05, 0.1) is 0 Å². The molecule has 0 atom stereocenters. The fraction of sp³-hybridized carbons (Fsp3) is 0.346. The molecule has 0 saturated carbocycles. The number of aromatic nitrogens is 2. The summed E-state index contributed by atoms with van der Waals surface area (Å²) in [7, 11) is 3.60. The number of carbonyl (C=O) groups is 1. The van der Waals surface area contributed by atoms with E-state index in [4.69, 9.17) is 9.97 Å². The first-order valence-electron chi connectivity index (χ1n) is 11.1. The first-order valence-corrected chi connectivity index (χ1v) is 11.1. The fourth-order valence-corrected chi connectivity index (χ4v) is 4.07. The summed E-state index contributed by atoms with van der Waals surface area (Å²) >= 11 is 0. The Morgan fingerprint density at radius 3 is 2.19 bits per heavy atom. The molecule has 6 nitrogen and oxygen atoms in total. The summed E-state index contributed by atoms with van der Waals surface area (Å²) in [5.74, 6) is 1.73. The van der Waals surface area contributed by atoms with Gasteiger partial charge in [-0.1, -0.05) is 60.2 Å². The molecule has 2 heterocycles. The van der Waals surface area contributed by atoms with E-state index in [-0.39, 0.29) is 6.03 Å². The highest BCUT2D eigenvalue weighted by Gasteiger charge is 2.26. The summed E-state index contributed by atoms with van der Waals surface area (Å²) < 4.78 is 0. The van der Waals surface area contributed by atoms with Crippen LogP contribution in [0, 0.1) is 13.8 Å². The third-order valence-electron chi connectivity index (χ3n) is 5.96. The van der Waals surface area contributed by atoms with Crippen LogP contribution in [0.4, 0.5) is 10.6 Å². The molecule has 2 amide bonds. The number of benzene rings is 2. The van der Waals surface area contributed by atoms with Crippen molar-refractivity contribution in [2.45, 2.75) is 20.3 Å². The molecule has 32 heavy (non-hydrogen) atoms. The van der Waals surface area contributed by atoms with Crippen LogP contribution in [0.25, 0.3) is 11.4 Å². The molecule has 166 valence electrons. The predicted octanol–water partition coefficient (Wildman–Crippen LogP) is 4.15. The Morgan fingerprint density at radius 1 is 0.906 bits per heavy atom. The Kier molecular flexibility index (Phi) is 6.40. The lowest BCUT2D eigenvalue weighted by atomic mass is 10.0. The number of rotatable bonds is 4. The Hall–Kier alpha value is -3.41. The monoisotopic (exact) mass is 429 g/mol. The van der Waals surface area contributed by atoms with Crippen LogP contribution in [-0.4, -0.2) is 66.1 Å². The molecule has 2 aromatic carbocycles. The second-order valence-corrected chi connectivity index (χ2v) is 8.61. The van der Waals surface area contributed by atoms with Crippen molar-refractivity contribution in [3.05, 3.63) is 77.0 Å². The Labute approximate surface area is 190 Å². The van der Waals surface area contributed by atoms with E-state index in [9.17, 15) is 4.79 Å². The van der Waals surface area contributed by atoms with Crippen molar-refractivity contribution in [2.24, 2.45) is 0 Å². The minimum absolute atomic E-state index is 0.0633. The van der Waals surface area contributed by atoms with E-state index >= 15 is 0 Å². The number of hydrogen-bond donors (Lipinski definition) is 0. The van der Waals surface area contributed by atoms with Crippen molar-refractivity contribution in [1.29, 1.82) is 0 Å². The van der Waals surface area contributed by atoms with Crippen molar-refractivity contribution in [3.8, 4) is 11.4 Å². The molecule has 1 saturated heterocycles. The van der Waals surface area contributed by atoms with Crippen LogP contribution < -0.4 is 4.90 Å². The topological polar surface area (TPSA) is 52.6 Å². The van der Waals surface area contributed by atoms with E-state index in [0.29, 0.717) is 13.1 Å². The minimum Gasteiger partial charge on any atom is -0.353 e. The van der Waals surface area contributed by atoms with Crippen LogP contribution in [0.2, 0.25) is 0 Å². The van der Waals surface area contributed by atoms with E-state index in [2.05, 4.69) is 67.3 Å². The van der Waals surface area contributed by atoms with Gasteiger partial charge in [0, 0.05) is 63.5 Å². The van der Waals surface area contributed by atoms with Gasteiger partial charge in [-0.3, -0.25) is 0 Å². The zero-order valence-corrected chi connectivity index (χ0v) is 19.4. The number of urea groups is 1. The molecule has 4 rings (SSSR count). The van der Waals surface area contributed by atoms with Crippen molar-refractivity contribution in [3.63, 3.8) is 0 Å². The maximum Gasteiger partial charge on any atom is 0.319 e. The van der Waals surface area contributed by atoms with E-state index in [0.717, 1.165) is 48.0 Å². The van der Waals surface area contributed by atoms with Crippen LogP contribution in [0.1, 0.15) is 22.4 Å². The lowest BCUT2D eigenvalue weighted by molar-refractivity contribution is 0.168. The summed E-state index contributed by atoms with van der Waals surface area (Å²) in [4.78, 5) is 28.2. The fourth-order valence-electron chi connectivity index (χ4n) is 4.07. The van der Waals surface area contributed by atoms with Crippen molar-refractivity contribution in [2.75, 3.05) is 45.2 Å². The van der Waals surface area contributed by atoms with E-state index < -0.39 is 0 Å². The van der Waals surface area contributed by atoms with Gasteiger partial charge >= 0.3 is 6.03 Å². The lowest BCUT2D eigenvalue weighted by Gasteiger charge is -2.37. The van der Waals surface area contributed by atoms with Crippen molar-refractivity contribution >= 4 is 11.8 Å². The maximum absolute atomic E-state index is 12.4. The Bertz CT molecular complexity index is 1070. The smallest absolute Gasteiger partial charge is 0.319 e. The van der Waals surface area contributed by atoms with Gasteiger partial charge in [-0.05, 0) is 19.4 Å². The molecule has 0 N–H and O–H groups in total. The van der Waals surface area contributed by atoms with Crippen molar-refractivity contribution in [1.82, 2.24) is 19.8 Å². The number of piperazine rings is 1. The molecule has 0 aliphatic carbocycles. The molecular weight excluding hydrogens is 398 g/mol. The summed E-state index contributed by atoms with van der Waals surface area (Å²) in [6.07, 6.45) is 0.785. The highest BCUT2D eigenvalue weighted by atomic mass is 16.2. The molecule has 0 spiro atoms. The molecule has 0 radical (unpaired) electrons. The molecule has 6 heteroatoms. The van der Waals surface area contributed by atoms with Crippen LogP contribution in [-0.2, 0) is 6.42 Å². The average molecular weight is 430 g/mol. The number of aryl methyl sites for hydroxylation is 2. The molecule has 3 aromatic rings. The number of hydrogen-bond acceptors (Lipinski definition) is 4. The van der Waals surface area contributed by atoms with Gasteiger partial charge in [0.25, 0.3) is 0 Å². The average Bonchev–Trinajstić information content (AvgIpc) is 2.81. The summed E-state index contributed by atoms with van der Waals surface area (Å²) in [5, 5.41) is 0. The van der Waals surface area contributed by atoms with Gasteiger partial charge in [-0.2, -0.15) is 0 Å². The molecule has 1 fully saturated rings. The first-order chi connectivity index (χ1) is 15.4. The highest BCUT2D eigenvalue weighted by molar-refractivity contribution is 5.74. The second kappa shape index (κ2) is 9.39. The number of nitrogens with zero attached hydrogens (tertiary/aromatic N) is 5. The second-order valence-electron chi connectivity index (χ2n) is 8.61. The van der Waals surface area contributed by atoms with Gasteiger partial charge in [-0.15, -0.1) is 0 Å². The molecule has 1 aromatic heterocycles. The summed E-state index contributed by atoms with van der Waals surface area (Å²) in [6.45, 7) is 7.04. The number of amides is 2. The van der Waals surface area contributed by atoms with Gasteiger partial charge in [-0.25, -0.2) is 14.8 Å². The quantitative estimate of drug-likeness (QED) is 0.625. The van der Waals surface area contributed by atoms with Crippen molar-refractivity contribution < 1.29 is 4.79 Å². The van der Waals surface area contributed by atoms with Gasteiger partial charge in [0.1, 0.15) is 5.82 Å². The summed E-state index contributed by atoms with van der Waals surface area (Å²) in [6, 6.07) is 18.9. The Morgan fingerprint density at radius 2 is 1.56 bits per heavy atom. The molecular formula is C26H31N5O.